The maximum Gasteiger partial charge on any atom is 0.340 e. The topological polar surface area (TPSA) is 146 Å². The van der Waals surface area contributed by atoms with Crippen LogP contribution in [0.25, 0.3) is 10.8 Å². The van der Waals surface area contributed by atoms with Crippen molar-refractivity contribution in [1.82, 2.24) is 15.0 Å². The van der Waals surface area contributed by atoms with Crippen LogP contribution in [0.15, 0.2) is 30.6 Å². The van der Waals surface area contributed by atoms with Gasteiger partial charge in [0.2, 0.25) is 5.88 Å². The Morgan fingerprint density at radius 1 is 1.15 bits per heavy atom. The third kappa shape index (κ3) is 6.05. The Bertz CT molecular complexity index is 1550. The number of ether oxygens (including phenoxy) is 2. The van der Waals surface area contributed by atoms with E-state index in [1.54, 1.807) is 31.5 Å². The van der Waals surface area contributed by atoms with Crippen molar-refractivity contribution < 1.29 is 22.7 Å². The molecule has 1 aliphatic rings. The van der Waals surface area contributed by atoms with Gasteiger partial charge in [-0.05, 0) is 63.8 Å². The summed E-state index contributed by atoms with van der Waals surface area (Å²) in [5, 5.41) is 4.72. The average Bonchev–Trinajstić information content (AvgIpc) is 2.86. The average molecular weight is 570 g/mol. The summed E-state index contributed by atoms with van der Waals surface area (Å²) in [7, 11) is -3.15. The Morgan fingerprint density at radius 2 is 1.85 bits per heavy atom. The number of carbonyl (C=O) groups is 1. The highest BCUT2D eigenvalue weighted by atomic mass is 32.2. The molecule has 0 unspecified atom stereocenters. The van der Waals surface area contributed by atoms with E-state index in [2.05, 4.69) is 15.3 Å². The fraction of sp³-hybridized carbons (Fsp3) is 0.517. The highest BCUT2D eigenvalue weighted by molar-refractivity contribution is 7.91. The molecule has 40 heavy (non-hydrogen) atoms. The number of fused-ring (bicyclic) bond motifs is 2. The SMILES string of the molecule is CCS(=O)(=O)C[C@@H](C)[C@@H](C)Oc1ncc(C(C)(C)N)c2cc(Nc3ccc4c(n3)[C@@H](C)C(C)(C)OC4=O)ncc12. The first kappa shape index (κ1) is 29.7. The number of rotatable bonds is 9. The lowest BCUT2D eigenvalue weighted by Gasteiger charge is -2.36. The maximum absolute atomic E-state index is 12.5. The second-order valence-electron chi connectivity index (χ2n) is 11.8. The van der Waals surface area contributed by atoms with Gasteiger partial charge < -0.3 is 20.5 Å². The first-order valence-corrected chi connectivity index (χ1v) is 15.3. The number of nitrogens with zero attached hydrogens (tertiary/aromatic N) is 3. The molecule has 11 heteroatoms. The molecule has 0 spiro atoms. The molecule has 3 atom stereocenters. The van der Waals surface area contributed by atoms with Gasteiger partial charge in [0.05, 0.1) is 22.4 Å². The van der Waals surface area contributed by atoms with Crippen LogP contribution < -0.4 is 15.8 Å². The maximum atomic E-state index is 12.5. The third-order valence-electron chi connectivity index (χ3n) is 7.69. The van der Waals surface area contributed by atoms with Crippen LogP contribution in [0.1, 0.15) is 82.9 Å². The van der Waals surface area contributed by atoms with Crippen LogP contribution in [0.5, 0.6) is 5.88 Å². The van der Waals surface area contributed by atoms with E-state index < -0.39 is 27.1 Å². The predicted octanol–water partition coefficient (Wildman–Crippen LogP) is 4.85. The van der Waals surface area contributed by atoms with Gasteiger partial charge >= 0.3 is 5.97 Å². The van der Waals surface area contributed by atoms with E-state index in [9.17, 15) is 13.2 Å². The Hall–Kier alpha value is -3.31. The van der Waals surface area contributed by atoms with Crippen molar-refractivity contribution >= 4 is 38.2 Å². The van der Waals surface area contributed by atoms with Crippen LogP contribution in [-0.4, -0.2) is 52.5 Å². The number of nitrogens with two attached hydrogens (primary N) is 1. The van der Waals surface area contributed by atoms with Gasteiger partial charge in [0.25, 0.3) is 0 Å². The van der Waals surface area contributed by atoms with E-state index in [-0.39, 0.29) is 29.3 Å². The lowest BCUT2D eigenvalue weighted by Crippen LogP contribution is -2.39. The zero-order chi connectivity index (χ0) is 29.6. The molecule has 0 saturated heterocycles. The van der Waals surface area contributed by atoms with Crippen molar-refractivity contribution in [2.75, 3.05) is 16.8 Å². The lowest BCUT2D eigenvalue weighted by atomic mass is 9.84. The summed E-state index contributed by atoms with van der Waals surface area (Å²) in [6.07, 6.45) is 2.95. The van der Waals surface area contributed by atoms with E-state index in [4.69, 9.17) is 20.2 Å². The van der Waals surface area contributed by atoms with Crippen molar-refractivity contribution in [1.29, 1.82) is 0 Å². The predicted molar refractivity (Wildman–Crippen MR) is 156 cm³/mol. The molecule has 3 N–H and O–H groups in total. The minimum atomic E-state index is -3.15. The standard InChI is InChI=1S/C29H39N5O5S/c1-9-40(36,37)15-16(2)18(4)38-26-21-13-31-24(12-20(21)22(14-32-26)28(5,6)30)33-23-11-10-19-25(34-23)17(3)29(7,8)39-27(19)35/h10-14,16-18H,9,15,30H2,1-8H3,(H,31,33,34)/t16-,17-,18-/m1/s1. The quantitative estimate of drug-likeness (QED) is 0.343. The van der Waals surface area contributed by atoms with E-state index in [0.29, 0.717) is 34.2 Å². The number of carbonyl (C=O) groups excluding carboxylic acids is 1. The number of pyridine rings is 3. The van der Waals surface area contributed by atoms with Crippen LogP contribution in [0.4, 0.5) is 11.6 Å². The molecule has 4 rings (SSSR count). The fourth-order valence-corrected chi connectivity index (χ4v) is 5.93. The van der Waals surface area contributed by atoms with Crippen LogP contribution in [0, 0.1) is 5.92 Å². The van der Waals surface area contributed by atoms with Gasteiger partial charge in [0.15, 0.2) is 0 Å². The van der Waals surface area contributed by atoms with Crippen LogP contribution >= 0.6 is 0 Å². The van der Waals surface area contributed by atoms with Crippen LogP contribution in [0.3, 0.4) is 0 Å². The van der Waals surface area contributed by atoms with Gasteiger partial charge in [-0.25, -0.2) is 28.2 Å². The largest absolute Gasteiger partial charge is 0.474 e. The van der Waals surface area contributed by atoms with Gasteiger partial charge in [-0.1, -0.05) is 20.8 Å². The molecule has 0 saturated carbocycles. The molecule has 0 aliphatic carbocycles. The molecule has 0 aromatic carbocycles. The molecule has 10 nitrogen and oxygen atoms in total. The molecule has 0 fully saturated rings. The van der Waals surface area contributed by atoms with Crippen molar-refractivity contribution in [3.8, 4) is 5.88 Å². The molecule has 1 aliphatic heterocycles. The summed E-state index contributed by atoms with van der Waals surface area (Å²) in [5.74, 6) is 0.836. The second-order valence-corrected chi connectivity index (χ2v) is 14.2. The number of aromatic nitrogens is 3. The summed E-state index contributed by atoms with van der Waals surface area (Å²) in [5.41, 5.74) is 7.04. The van der Waals surface area contributed by atoms with Crippen molar-refractivity contribution in [2.45, 2.75) is 78.6 Å². The molecular weight excluding hydrogens is 530 g/mol. The van der Waals surface area contributed by atoms with Gasteiger partial charge in [0, 0.05) is 35.5 Å². The number of hydrogen-bond acceptors (Lipinski definition) is 10. The summed E-state index contributed by atoms with van der Waals surface area (Å²) < 4.78 is 36.0. The number of sulfone groups is 1. The van der Waals surface area contributed by atoms with Crippen LogP contribution in [-0.2, 0) is 20.1 Å². The van der Waals surface area contributed by atoms with Crippen molar-refractivity contribution in [3.05, 3.63) is 47.4 Å². The van der Waals surface area contributed by atoms with Gasteiger partial charge in [-0.2, -0.15) is 0 Å². The molecule has 0 bridgehead atoms. The van der Waals surface area contributed by atoms with Gasteiger partial charge in [0.1, 0.15) is 33.2 Å². The Balaban J connectivity index is 1.69. The van der Waals surface area contributed by atoms with E-state index >= 15 is 0 Å². The number of esters is 1. The van der Waals surface area contributed by atoms with E-state index in [1.165, 1.54) is 0 Å². The molecule has 3 aromatic rings. The summed E-state index contributed by atoms with van der Waals surface area (Å²) in [6, 6.07) is 5.30. The zero-order valence-electron chi connectivity index (χ0n) is 24.4. The number of cyclic esters (lactones) is 1. The van der Waals surface area contributed by atoms with Crippen LogP contribution in [0.2, 0.25) is 0 Å². The number of nitrogens with one attached hydrogen (secondary N) is 1. The minimum absolute atomic E-state index is 0.0319. The highest BCUT2D eigenvalue weighted by Crippen LogP contribution is 2.38. The molecule has 216 valence electrons. The van der Waals surface area contributed by atoms with Gasteiger partial charge in [-0.3, -0.25) is 0 Å². The van der Waals surface area contributed by atoms with Crippen molar-refractivity contribution in [2.24, 2.45) is 11.7 Å². The Labute approximate surface area is 236 Å². The molecule has 0 radical (unpaired) electrons. The van der Waals surface area contributed by atoms with E-state index in [1.807, 2.05) is 54.5 Å². The summed E-state index contributed by atoms with van der Waals surface area (Å²) >= 11 is 0. The Morgan fingerprint density at radius 3 is 2.50 bits per heavy atom. The van der Waals surface area contributed by atoms with Crippen molar-refractivity contribution in [3.63, 3.8) is 0 Å². The van der Waals surface area contributed by atoms with E-state index in [0.717, 1.165) is 10.9 Å². The molecule has 3 aromatic heterocycles. The fourth-order valence-electron chi connectivity index (χ4n) is 4.62. The second kappa shape index (κ2) is 10.6. The molecule has 4 heterocycles. The highest BCUT2D eigenvalue weighted by Gasteiger charge is 2.40. The first-order valence-electron chi connectivity index (χ1n) is 13.5. The summed E-state index contributed by atoms with van der Waals surface area (Å²) in [6.45, 7) is 14.9. The van der Waals surface area contributed by atoms with Gasteiger partial charge in [-0.15, -0.1) is 0 Å². The number of anilines is 2. The zero-order valence-corrected chi connectivity index (χ0v) is 25.2. The first-order chi connectivity index (χ1) is 18.5. The normalized spacial score (nSPS) is 18.5. The molecular formula is C29H39N5O5S. The number of hydrogen-bond donors (Lipinski definition) is 2. The monoisotopic (exact) mass is 569 g/mol. The summed E-state index contributed by atoms with van der Waals surface area (Å²) in [4.78, 5) is 26.3. The Kier molecular flexibility index (Phi) is 7.85. The lowest BCUT2D eigenvalue weighted by molar-refractivity contribution is -0.0189. The third-order valence-corrected chi connectivity index (χ3v) is 9.61. The minimum Gasteiger partial charge on any atom is -0.474 e. The molecule has 0 amide bonds. The smallest absolute Gasteiger partial charge is 0.340 e.